The fourth-order valence-corrected chi connectivity index (χ4v) is 6.19. The lowest BCUT2D eigenvalue weighted by Crippen LogP contribution is -2.29. The van der Waals surface area contributed by atoms with Crippen LogP contribution in [0, 0.1) is 0 Å². The first-order valence-corrected chi connectivity index (χ1v) is 22.4. The van der Waals surface area contributed by atoms with Crippen LogP contribution in [0.4, 0.5) is 0 Å². The molecule has 0 radical (unpaired) electrons. The highest BCUT2D eigenvalue weighted by molar-refractivity contribution is 7.47. The molecule has 0 saturated heterocycles. The third kappa shape index (κ3) is 38.0. The van der Waals surface area contributed by atoms with Crippen LogP contribution in [-0.4, -0.2) is 60.5 Å². The lowest BCUT2D eigenvalue weighted by Gasteiger charge is -2.20. The minimum Gasteiger partial charge on any atom is -0.462 e. The second-order valence-corrected chi connectivity index (χ2v) is 15.1. The van der Waals surface area contributed by atoms with E-state index < -0.39 is 38.6 Å². The molecule has 312 valence electrons. The van der Waals surface area contributed by atoms with Crippen molar-refractivity contribution in [1.82, 2.24) is 0 Å². The van der Waals surface area contributed by atoms with Gasteiger partial charge in [0.2, 0.25) is 0 Å². The van der Waals surface area contributed by atoms with E-state index in [9.17, 15) is 24.2 Å². The lowest BCUT2D eigenvalue weighted by molar-refractivity contribution is -0.161. The predicted molar refractivity (Wildman–Crippen MR) is 221 cm³/mol. The number of rotatable bonds is 38. The number of aliphatic hydroxyl groups is 1. The normalized spacial score (nSPS) is 14.5. The number of unbranched alkanes of at least 4 members (excludes halogenated alkanes) is 14. The second-order valence-electron chi connectivity index (χ2n) is 13.7. The topological polar surface area (TPSA) is 155 Å². The van der Waals surface area contributed by atoms with Gasteiger partial charge in [0.15, 0.2) is 6.10 Å². The quantitative estimate of drug-likeness (QED) is 0.0181. The molecule has 0 spiro atoms. The molecule has 0 aliphatic carbocycles. The summed E-state index contributed by atoms with van der Waals surface area (Å²) < 4.78 is 32.6. The summed E-state index contributed by atoms with van der Waals surface area (Å²) in [4.78, 5) is 34.8. The largest absolute Gasteiger partial charge is 0.472 e. The van der Waals surface area contributed by atoms with Crippen LogP contribution in [0.1, 0.15) is 162 Å². The van der Waals surface area contributed by atoms with E-state index in [2.05, 4.69) is 50.3 Å². The summed E-state index contributed by atoms with van der Waals surface area (Å²) in [5, 5.41) is 10.3. The third-order valence-corrected chi connectivity index (χ3v) is 9.51. The van der Waals surface area contributed by atoms with E-state index >= 15 is 0 Å². The van der Waals surface area contributed by atoms with Crippen LogP contribution < -0.4 is 5.73 Å². The molecule has 0 fully saturated rings. The van der Waals surface area contributed by atoms with Crippen molar-refractivity contribution in [1.29, 1.82) is 0 Å². The van der Waals surface area contributed by atoms with E-state index in [-0.39, 0.29) is 32.6 Å². The van der Waals surface area contributed by atoms with E-state index in [0.717, 1.165) is 44.9 Å². The molecular formula is C43H76NO9P. The standard InChI is InChI=1S/C43H76NO9P/c1-3-5-7-9-11-13-15-17-18-20-22-24-26-28-30-34-42(46)50-38-41(39-52-54(48,49)51-37-36-44)53-43(47)35-31-33-40(45)32-29-27-25-23-21-19-16-14-12-10-8-6-4-2/h6,8,12,14,19,21,25,27,29,32,40-41,45H,3-5,7,9-11,13,15-18,20,22-24,26,28,30-31,33-39,44H2,1-2H3,(H,48,49). The molecule has 3 atom stereocenters. The van der Waals surface area contributed by atoms with Gasteiger partial charge in [-0.05, 0) is 44.9 Å². The molecule has 0 heterocycles. The van der Waals surface area contributed by atoms with Gasteiger partial charge < -0.3 is 25.2 Å². The number of aliphatic hydroxyl groups excluding tert-OH is 1. The van der Waals surface area contributed by atoms with Gasteiger partial charge in [-0.15, -0.1) is 0 Å². The summed E-state index contributed by atoms with van der Waals surface area (Å²) in [5.41, 5.74) is 5.33. The van der Waals surface area contributed by atoms with Crippen molar-refractivity contribution in [3.05, 3.63) is 60.8 Å². The van der Waals surface area contributed by atoms with Gasteiger partial charge in [0.05, 0.1) is 19.3 Å². The highest BCUT2D eigenvalue weighted by atomic mass is 31.2. The molecule has 11 heteroatoms. The summed E-state index contributed by atoms with van der Waals surface area (Å²) in [5.74, 6) is -1.03. The minimum absolute atomic E-state index is 0.00109. The van der Waals surface area contributed by atoms with Gasteiger partial charge in [-0.2, -0.15) is 0 Å². The molecule has 4 N–H and O–H groups in total. The van der Waals surface area contributed by atoms with Crippen molar-refractivity contribution in [3.63, 3.8) is 0 Å². The Morgan fingerprint density at radius 3 is 1.72 bits per heavy atom. The Morgan fingerprint density at radius 1 is 0.648 bits per heavy atom. The zero-order chi connectivity index (χ0) is 39.8. The first-order valence-electron chi connectivity index (χ1n) is 20.9. The smallest absolute Gasteiger partial charge is 0.462 e. The SMILES string of the molecule is CCC=CCC=CCC=CCC=CC=CC(O)CCCC(=O)OC(COC(=O)CCCCCCCCCCCCCCCCC)COP(=O)(O)OCCN. The molecule has 3 unspecified atom stereocenters. The van der Waals surface area contributed by atoms with Crippen molar-refractivity contribution in [2.45, 2.75) is 174 Å². The molecule has 0 rings (SSSR count). The van der Waals surface area contributed by atoms with Crippen LogP contribution >= 0.6 is 7.82 Å². The fourth-order valence-electron chi connectivity index (χ4n) is 5.43. The van der Waals surface area contributed by atoms with Crippen LogP contribution in [0.15, 0.2) is 60.8 Å². The highest BCUT2D eigenvalue weighted by Gasteiger charge is 2.26. The molecule has 10 nitrogen and oxygen atoms in total. The van der Waals surface area contributed by atoms with Gasteiger partial charge >= 0.3 is 19.8 Å². The number of esters is 2. The zero-order valence-corrected chi connectivity index (χ0v) is 34.7. The number of phosphoric ester groups is 1. The van der Waals surface area contributed by atoms with E-state index in [1.54, 1.807) is 12.2 Å². The molecule has 0 amide bonds. The Morgan fingerprint density at radius 2 is 1.17 bits per heavy atom. The zero-order valence-electron chi connectivity index (χ0n) is 33.8. The number of ether oxygens (including phenoxy) is 2. The van der Waals surface area contributed by atoms with E-state index in [1.807, 2.05) is 12.2 Å². The maximum absolute atomic E-state index is 12.6. The van der Waals surface area contributed by atoms with Crippen LogP contribution in [-0.2, 0) is 32.7 Å². The average Bonchev–Trinajstić information content (AvgIpc) is 3.15. The molecule has 0 aliphatic rings. The van der Waals surface area contributed by atoms with Gasteiger partial charge in [-0.25, -0.2) is 4.57 Å². The average molecular weight is 782 g/mol. The number of allylic oxidation sites excluding steroid dienone is 9. The number of phosphoric acid groups is 1. The fraction of sp³-hybridized carbons (Fsp3) is 0.721. The predicted octanol–water partition coefficient (Wildman–Crippen LogP) is 10.7. The molecule has 0 bridgehead atoms. The first kappa shape index (κ1) is 51.7. The van der Waals surface area contributed by atoms with Crippen LogP contribution in [0.3, 0.4) is 0 Å². The van der Waals surface area contributed by atoms with E-state index in [4.69, 9.17) is 24.3 Å². The third-order valence-electron chi connectivity index (χ3n) is 8.52. The summed E-state index contributed by atoms with van der Waals surface area (Å²) in [6.07, 6.45) is 41.4. The number of carbonyl (C=O) groups excluding carboxylic acids is 2. The van der Waals surface area contributed by atoms with Crippen LogP contribution in [0.2, 0.25) is 0 Å². The van der Waals surface area contributed by atoms with Crippen molar-refractivity contribution < 1.29 is 42.7 Å². The maximum Gasteiger partial charge on any atom is 0.472 e. The van der Waals surface area contributed by atoms with Crippen molar-refractivity contribution in [2.24, 2.45) is 5.73 Å². The number of hydrogen-bond acceptors (Lipinski definition) is 9. The Hall–Kier alpha value is -2.33. The Labute approximate surface area is 328 Å². The van der Waals surface area contributed by atoms with Crippen molar-refractivity contribution >= 4 is 19.8 Å². The monoisotopic (exact) mass is 782 g/mol. The number of hydrogen-bond donors (Lipinski definition) is 3. The van der Waals surface area contributed by atoms with E-state index in [1.165, 1.54) is 70.6 Å². The van der Waals surface area contributed by atoms with Crippen LogP contribution in [0.25, 0.3) is 0 Å². The molecular weight excluding hydrogens is 705 g/mol. The molecule has 0 aromatic heterocycles. The molecule has 0 saturated carbocycles. The Balaban J connectivity index is 4.38. The summed E-state index contributed by atoms with van der Waals surface area (Å²) in [6.45, 7) is 3.38. The van der Waals surface area contributed by atoms with Gasteiger partial charge in [0, 0.05) is 19.4 Å². The molecule has 0 aromatic rings. The van der Waals surface area contributed by atoms with Crippen LogP contribution in [0.5, 0.6) is 0 Å². The molecule has 0 aliphatic heterocycles. The van der Waals surface area contributed by atoms with Gasteiger partial charge in [0.25, 0.3) is 0 Å². The molecule has 54 heavy (non-hydrogen) atoms. The minimum atomic E-state index is -4.43. The van der Waals surface area contributed by atoms with Gasteiger partial charge in [0.1, 0.15) is 6.61 Å². The second kappa shape index (κ2) is 38.9. The summed E-state index contributed by atoms with van der Waals surface area (Å²) >= 11 is 0. The lowest BCUT2D eigenvalue weighted by atomic mass is 10.0. The maximum atomic E-state index is 12.6. The van der Waals surface area contributed by atoms with Crippen molar-refractivity contribution in [2.75, 3.05) is 26.4 Å². The number of nitrogens with two attached hydrogens (primary N) is 1. The highest BCUT2D eigenvalue weighted by Crippen LogP contribution is 2.43. The molecule has 0 aromatic carbocycles. The van der Waals surface area contributed by atoms with Gasteiger partial charge in [-0.1, -0.05) is 164 Å². The summed E-state index contributed by atoms with van der Waals surface area (Å²) in [6, 6.07) is 0. The Bertz CT molecular complexity index is 1090. The van der Waals surface area contributed by atoms with Crippen molar-refractivity contribution in [3.8, 4) is 0 Å². The van der Waals surface area contributed by atoms with Gasteiger partial charge in [-0.3, -0.25) is 18.6 Å². The van der Waals surface area contributed by atoms with E-state index in [0.29, 0.717) is 19.3 Å². The first-order chi connectivity index (χ1) is 26.2. The Kier molecular flexibility index (Phi) is 37.2. The summed E-state index contributed by atoms with van der Waals surface area (Å²) in [7, 11) is -4.43. The number of carbonyl (C=O) groups is 2.